The lowest BCUT2D eigenvalue weighted by Crippen LogP contribution is -2.38. The Bertz CT molecular complexity index is 864. The Morgan fingerprint density at radius 3 is 2.58 bits per heavy atom. The van der Waals surface area contributed by atoms with E-state index in [0.29, 0.717) is 0 Å². The molecular formula is C20H20N4. The molecular weight excluding hydrogens is 296 g/mol. The number of hydrazine groups is 1. The summed E-state index contributed by atoms with van der Waals surface area (Å²) in [5, 5.41) is 4.37. The van der Waals surface area contributed by atoms with E-state index in [9.17, 15) is 0 Å². The van der Waals surface area contributed by atoms with Crippen molar-refractivity contribution >= 4 is 11.3 Å². The maximum absolute atomic E-state index is 4.92. The van der Waals surface area contributed by atoms with Crippen molar-refractivity contribution in [3.63, 3.8) is 0 Å². The second-order valence-electron chi connectivity index (χ2n) is 6.23. The molecule has 0 fully saturated rings. The molecule has 0 N–H and O–H groups in total. The summed E-state index contributed by atoms with van der Waals surface area (Å²) in [4.78, 5) is 9.22. The highest BCUT2D eigenvalue weighted by atomic mass is 15.7. The fourth-order valence-electron chi connectivity index (χ4n) is 3.40. The van der Waals surface area contributed by atoms with Crippen LogP contribution in [0.5, 0.6) is 0 Å². The third-order valence-corrected chi connectivity index (χ3v) is 4.62. The number of aryl methyl sites for hydroxylation is 1. The van der Waals surface area contributed by atoms with Crippen molar-refractivity contribution in [2.24, 2.45) is 4.99 Å². The number of fused-ring (bicyclic) bond motifs is 1. The van der Waals surface area contributed by atoms with Crippen LogP contribution in [-0.2, 0) is 0 Å². The molecule has 4 rings (SSSR count). The standard InChI is InChI=1S/C20H20N4/c1-14-9-11-21-13-18(14)17-10-12-23(3)24-19(15(2)22-20(17)24)16-7-5-4-6-8-16/h4-13,19H,1-3H3. The predicted octanol–water partition coefficient (Wildman–Crippen LogP) is 3.95. The SMILES string of the molecule is CC1=NC2=C(c3cnccc3C)C=CN(C)N2C1c1ccccc1. The van der Waals surface area contributed by atoms with Gasteiger partial charge in [0.2, 0.25) is 0 Å². The molecule has 4 nitrogen and oxygen atoms in total. The van der Waals surface area contributed by atoms with Crippen molar-refractivity contribution in [2.45, 2.75) is 19.9 Å². The van der Waals surface area contributed by atoms with E-state index in [0.717, 1.165) is 22.7 Å². The van der Waals surface area contributed by atoms with Crippen LogP contribution in [0.15, 0.2) is 71.9 Å². The summed E-state index contributed by atoms with van der Waals surface area (Å²) in [7, 11) is 2.06. The first kappa shape index (κ1) is 14.7. The van der Waals surface area contributed by atoms with Gasteiger partial charge in [0.25, 0.3) is 0 Å². The quantitative estimate of drug-likeness (QED) is 0.841. The molecule has 1 aromatic heterocycles. The number of rotatable bonds is 2. The van der Waals surface area contributed by atoms with Crippen LogP contribution < -0.4 is 0 Å². The number of pyridine rings is 1. The molecule has 0 saturated heterocycles. The van der Waals surface area contributed by atoms with Gasteiger partial charge in [0.15, 0.2) is 5.82 Å². The van der Waals surface area contributed by atoms with Crippen LogP contribution in [0.25, 0.3) is 5.57 Å². The van der Waals surface area contributed by atoms with Gasteiger partial charge in [-0.05, 0) is 37.1 Å². The number of benzene rings is 1. The van der Waals surface area contributed by atoms with E-state index in [-0.39, 0.29) is 6.04 Å². The lowest BCUT2D eigenvalue weighted by Gasteiger charge is -2.38. The van der Waals surface area contributed by atoms with Gasteiger partial charge in [-0.1, -0.05) is 30.3 Å². The van der Waals surface area contributed by atoms with Crippen molar-refractivity contribution in [1.29, 1.82) is 0 Å². The minimum Gasteiger partial charge on any atom is -0.293 e. The van der Waals surface area contributed by atoms with Crippen LogP contribution in [0.2, 0.25) is 0 Å². The highest BCUT2D eigenvalue weighted by Crippen LogP contribution is 2.40. The zero-order chi connectivity index (χ0) is 16.7. The predicted molar refractivity (Wildman–Crippen MR) is 96.9 cm³/mol. The molecule has 1 atom stereocenters. The summed E-state index contributed by atoms with van der Waals surface area (Å²) in [5.41, 5.74) is 5.81. The van der Waals surface area contributed by atoms with Crippen LogP contribution in [0, 0.1) is 6.92 Å². The Morgan fingerprint density at radius 1 is 1.04 bits per heavy atom. The molecule has 24 heavy (non-hydrogen) atoms. The second kappa shape index (κ2) is 5.64. The Hall–Kier alpha value is -2.88. The minimum atomic E-state index is 0.128. The molecule has 0 aliphatic carbocycles. The molecule has 0 saturated carbocycles. The number of hydrogen-bond donors (Lipinski definition) is 0. The van der Waals surface area contributed by atoms with Crippen LogP contribution in [0.4, 0.5) is 0 Å². The monoisotopic (exact) mass is 316 g/mol. The molecule has 1 unspecified atom stereocenters. The molecule has 2 aliphatic rings. The minimum absolute atomic E-state index is 0.128. The number of hydrogen-bond acceptors (Lipinski definition) is 4. The lowest BCUT2D eigenvalue weighted by molar-refractivity contribution is 0.0737. The smallest absolute Gasteiger partial charge is 0.156 e. The van der Waals surface area contributed by atoms with E-state index < -0.39 is 0 Å². The van der Waals surface area contributed by atoms with Crippen LogP contribution in [0.3, 0.4) is 0 Å². The Kier molecular flexibility index (Phi) is 3.45. The first-order chi connectivity index (χ1) is 11.7. The van der Waals surface area contributed by atoms with Gasteiger partial charge < -0.3 is 0 Å². The maximum atomic E-state index is 4.92. The van der Waals surface area contributed by atoms with Crippen molar-refractivity contribution < 1.29 is 0 Å². The van der Waals surface area contributed by atoms with Crippen LogP contribution in [-0.4, -0.2) is 27.8 Å². The second-order valence-corrected chi connectivity index (χ2v) is 6.23. The van der Waals surface area contributed by atoms with Gasteiger partial charge in [-0.15, -0.1) is 0 Å². The van der Waals surface area contributed by atoms with Gasteiger partial charge in [0, 0.05) is 42.5 Å². The Balaban J connectivity index is 1.87. The average molecular weight is 316 g/mol. The molecule has 2 aliphatic heterocycles. The van der Waals surface area contributed by atoms with Crippen LogP contribution >= 0.6 is 0 Å². The molecule has 1 aromatic carbocycles. The zero-order valence-corrected chi connectivity index (χ0v) is 14.1. The molecule has 4 heteroatoms. The van der Waals surface area contributed by atoms with E-state index in [4.69, 9.17) is 4.99 Å². The lowest BCUT2D eigenvalue weighted by atomic mass is 10.0. The Labute approximate surface area is 142 Å². The first-order valence-electron chi connectivity index (χ1n) is 8.12. The van der Waals surface area contributed by atoms with Crippen molar-refractivity contribution in [3.8, 4) is 0 Å². The van der Waals surface area contributed by atoms with Crippen LogP contribution in [0.1, 0.15) is 29.7 Å². The summed E-state index contributed by atoms with van der Waals surface area (Å²) in [6, 6.07) is 12.7. The summed E-state index contributed by atoms with van der Waals surface area (Å²) in [5.74, 6) is 0.988. The number of nitrogens with zero attached hydrogens (tertiary/aromatic N) is 4. The highest BCUT2D eigenvalue weighted by molar-refractivity contribution is 5.94. The van der Waals surface area contributed by atoms with E-state index >= 15 is 0 Å². The van der Waals surface area contributed by atoms with E-state index in [1.54, 1.807) is 0 Å². The van der Waals surface area contributed by atoms with Crippen molar-refractivity contribution in [3.05, 3.63) is 83.6 Å². The van der Waals surface area contributed by atoms with Gasteiger partial charge in [-0.2, -0.15) is 0 Å². The van der Waals surface area contributed by atoms with Gasteiger partial charge in [-0.25, -0.2) is 4.99 Å². The zero-order valence-electron chi connectivity index (χ0n) is 14.1. The normalized spacial score (nSPS) is 19.6. The summed E-state index contributed by atoms with van der Waals surface area (Å²) in [6.45, 7) is 4.21. The van der Waals surface area contributed by atoms with E-state index in [1.165, 1.54) is 11.1 Å². The van der Waals surface area contributed by atoms with Gasteiger partial charge in [0.1, 0.15) is 6.04 Å². The molecule has 2 aromatic rings. The van der Waals surface area contributed by atoms with Crippen molar-refractivity contribution in [2.75, 3.05) is 7.05 Å². The third kappa shape index (κ3) is 2.22. The van der Waals surface area contributed by atoms with E-state index in [1.807, 2.05) is 24.5 Å². The molecule has 3 heterocycles. The van der Waals surface area contributed by atoms with Gasteiger partial charge in [-0.3, -0.25) is 15.0 Å². The van der Waals surface area contributed by atoms with E-state index in [2.05, 4.69) is 72.4 Å². The fraction of sp³-hybridized carbons (Fsp3) is 0.200. The number of aliphatic imine (C=N–C) groups is 1. The molecule has 120 valence electrons. The first-order valence-corrected chi connectivity index (χ1v) is 8.12. The number of allylic oxidation sites excluding steroid dienone is 2. The highest BCUT2D eigenvalue weighted by Gasteiger charge is 2.36. The summed E-state index contributed by atoms with van der Waals surface area (Å²) >= 11 is 0. The number of aromatic nitrogens is 1. The average Bonchev–Trinajstić information content (AvgIpc) is 2.95. The van der Waals surface area contributed by atoms with Gasteiger partial charge in [0.05, 0.1) is 0 Å². The molecule has 0 spiro atoms. The Morgan fingerprint density at radius 2 is 1.83 bits per heavy atom. The topological polar surface area (TPSA) is 31.7 Å². The molecule has 0 radical (unpaired) electrons. The molecule has 0 amide bonds. The molecule has 0 bridgehead atoms. The van der Waals surface area contributed by atoms with Crippen molar-refractivity contribution in [1.82, 2.24) is 15.0 Å². The summed E-state index contributed by atoms with van der Waals surface area (Å²) < 4.78 is 0. The maximum Gasteiger partial charge on any atom is 0.156 e. The third-order valence-electron chi connectivity index (χ3n) is 4.62. The largest absolute Gasteiger partial charge is 0.293 e. The fourth-order valence-corrected chi connectivity index (χ4v) is 3.40. The summed E-state index contributed by atoms with van der Waals surface area (Å²) in [6.07, 6.45) is 7.97. The van der Waals surface area contributed by atoms with Gasteiger partial charge >= 0.3 is 0 Å².